The number of piperidine rings is 1. The Morgan fingerprint density at radius 3 is 2.44 bits per heavy atom. The zero-order valence-corrected chi connectivity index (χ0v) is 16.2. The van der Waals surface area contributed by atoms with Crippen molar-refractivity contribution in [1.29, 1.82) is 0 Å². The normalized spacial score (nSPS) is 28.6. The number of benzene rings is 1. The molecule has 1 saturated carbocycles. The summed E-state index contributed by atoms with van der Waals surface area (Å²) in [5, 5.41) is 3.60. The van der Waals surface area contributed by atoms with Gasteiger partial charge in [-0.2, -0.15) is 0 Å². The molecule has 2 amide bonds. The van der Waals surface area contributed by atoms with E-state index in [1.54, 1.807) is 24.3 Å². The first-order chi connectivity index (χ1) is 13.1. The number of halogens is 1. The van der Waals surface area contributed by atoms with E-state index in [-0.39, 0.29) is 23.8 Å². The first-order valence-electron chi connectivity index (χ1n) is 9.98. The van der Waals surface area contributed by atoms with Crippen molar-refractivity contribution < 1.29 is 9.59 Å². The van der Waals surface area contributed by atoms with Crippen molar-refractivity contribution in [2.24, 2.45) is 11.8 Å². The van der Waals surface area contributed by atoms with Gasteiger partial charge < -0.3 is 10.2 Å². The number of nitrogens with one attached hydrogen (secondary N) is 3. The van der Waals surface area contributed by atoms with E-state index in [9.17, 15) is 9.59 Å². The lowest BCUT2D eigenvalue weighted by atomic mass is 9.81. The highest BCUT2D eigenvalue weighted by Crippen LogP contribution is 2.31. The number of rotatable bonds is 3. The highest BCUT2D eigenvalue weighted by molar-refractivity contribution is 6.30. The van der Waals surface area contributed by atoms with Gasteiger partial charge in [-0.05, 0) is 49.9 Å². The van der Waals surface area contributed by atoms with Crippen LogP contribution in [0.5, 0.6) is 0 Å². The van der Waals surface area contributed by atoms with E-state index >= 15 is 0 Å². The molecule has 0 bridgehead atoms. The minimum Gasteiger partial charge on any atom is -0.341 e. The fourth-order valence-corrected chi connectivity index (χ4v) is 4.75. The highest BCUT2D eigenvalue weighted by atomic mass is 35.5. The second-order valence-electron chi connectivity index (χ2n) is 7.92. The molecular formula is C20H27ClN4O2. The number of anilines is 1. The number of hydrogen-bond donors (Lipinski definition) is 3. The van der Waals surface area contributed by atoms with Crippen molar-refractivity contribution in [3.05, 3.63) is 29.3 Å². The number of nitrogens with zero attached hydrogens (tertiary/aromatic N) is 1. The van der Waals surface area contributed by atoms with Crippen LogP contribution in [-0.4, -0.2) is 41.9 Å². The van der Waals surface area contributed by atoms with Gasteiger partial charge in [0.25, 0.3) is 0 Å². The molecule has 3 fully saturated rings. The molecule has 2 aliphatic heterocycles. The van der Waals surface area contributed by atoms with Crippen LogP contribution in [0.15, 0.2) is 24.3 Å². The van der Waals surface area contributed by atoms with Crippen LogP contribution in [0, 0.1) is 11.8 Å². The summed E-state index contributed by atoms with van der Waals surface area (Å²) in [4.78, 5) is 27.4. The number of hydrazine groups is 1. The Balaban J connectivity index is 1.29. The summed E-state index contributed by atoms with van der Waals surface area (Å²) in [6.07, 6.45) is 6.13. The average molecular weight is 391 g/mol. The Morgan fingerprint density at radius 2 is 1.70 bits per heavy atom. The molecular weight excluding hydrogens is 364 g/mol. The van der Waals surface area contributed by atoms with E-state index < -0.39 is 0 Å². The molecule has 3 unspecified atom stereocenters. The van der Waals surface area contributed by atoms with Crippen molar-refractivity contribution in [2.75, 3.05) is 18.4 Å². The van der Waals surface area contributed by atoms with Crippen LogP contribution in [0.1, 0.15) is 38.5 Å². The van der Waals surface area contributed by atoms with Crippen LogP contribution in [0.25, 0.3) is 0 Å². The topological polar surface area (TPSA) is 73.5 Å². The molecule has 6 nitrogen and oxygen atoms in total. The Bertz CT molecular complexity index is 688. The van der Waals surface area contributed by atoms with E-state index in [2.05, 4.69) is 16.2 Å². The lowest BCUT2D eigenvalue weighted by molar-refractivity contribution is -0.137. The lowest BCUT2D eigenvalue weighted by Crippen LogP contribution is -2.51. The second-order valence-corrected chi connectivity index (χ2v) is 8.35. The summed E-state index contributed by atoms with van der Waals surface area (Å²) < 4.78 is 0. The first-order valence-corrected chi connectivity index (χ1v) is 10.4. The summed E-state index contributed by atoms with van der Waals surface area (Å²) in [5.74, 6) is 0.560. The molecule has 2 saturated heterocycles. The number of amides is 2. The molecule has 3 N–H and O–H groups in total. The molecule has 4 rings (SSSR count). The summed E-state index contributed by atoms with van der Waals surface area (Å²) in [7, 11) is 0. The maximum absolute atomic E-state index is 13.0. The van der Waals surface area contributed by atoms with E-state index in [4.69, 9.17) is 11.6 Å². The number of likely N-dealkylation sites (tertiary alicyclic amines) is 1. The first kappa shape index (κ1) is 18.7. The van der Waals surface area contributed by atoms with Gasteiger partial charge in [0, 0.05) is 41.7 Å². The van der Waals surface area contributed by atoms with Crippen LogP contribution >= 0.6 is 11.6 Å². The van der Waals surface area contributed by atoms with E-state index in [0.717, 1.165) is 18.5 Å². The van der Waals surface area contributed by atoms with Crippen LogP contribution < -0.4 is 16.2 Å². The molecule has 1 aliphatic carbocycles. The Kier molecular flexibility index (Phi) is 5.66. The molecule has 3 aliphatic rings. The van der Waals surface area contributed by atoms with Gasteiger partial charge in [0.1, 0.15) is 6.04 Å². The van der Waals surface area contributed by atoms with Gasteiger partial charge in [0.2, 0.25) is 11.8 Å². The van der Waals surface area contributed by atoms with Crippen molar-refractivity contribution >= 4 is 29.1 Å². The Hall–Kier alpha value is -1.63. The zero-order valence-electron chi connectivity index (χ0n) is 15.4. The largest absolute Gasteiger partial charge is 0.341 e. The fraction of sp³-hybridized carbons (Fsp3) is 0.600. The number of carbonyl (C=O) groups excluding carboxylic acids is 2. The maximum atomic E-state index is 13.0. The van der Waals surface area contributed by atoms with E-state index in [1.807, 2.05) is 4.90 Å². The van der Waals surface area contributed by atoms with Crippen LogP contribution in [-0.2, 0) is 9.59 Å². The van der Waals surface area contributed by atoms with Gasteiger partial charge in [0.15, 0.2) is 0 Å². The molecule has 0 spiro atoms. The molecule has 0 aromatic heterocycles. The van der Waals surface area contributed by atoms with Crippen LogP contribution in [0.3, 0.4) is 0 Å². The van der Waals surface area contributed by atoms with Crippen molar-refractivity contribution in [2.45, 2.75) is 50.6 Å². The van der Waals surface area contributed by atoms with Crippen LogP contribution in [0.4, 0.5) is 5.69 Å². The quantitative estimate of drug-likeness (QED) is 0.741. The van der Waals surface area contributed by atoms with Gasteiger partial charge in [-0.1, -0.05) is 24.4 Å². The summed E-state index contributed by atoms with van der Waals surface area (Å²) in [5.41, 5.74) is 7.31. The maximum Gasteiger partial charge on any atom is 0.241 e. The molecule has 146 valence electrons. The van der Waals surface area contributed by atoms with Crippen LogP contribution in [0.2, 0.25) is 5.02 Å². The molecule has 0 radical (unpaired) electrons. The molecule has 2 heterocycles. The SMILES string of the molecule is O=C(Nc1ccc(Cl)cc1)C1CCN(C(=O)C2NNC3CCCCC32)CC1. The van der Waals surface area contributed by atoms with Gasteiger partial charge >= 0.3 is 0 Å². The van der Waals surface area contributed by atoms with Gasteiger partial charge in [0.05, 0.1) is 0 Å². The van der Waals surface area contributed by atoms with E-state index in [0.29, 0.717) is 42.9 Å². The third-order valence-electron chi connectivity index (χ3n) is 6.23. The zero-order chi connectivity index (χ0) is 18.8. The van der Waals surface area contributed by atoms with Crippen molar-refractivity contribution in [1.82, 2.24) is 15.8 Å². The lowest BCUT2D eigenvalue weighted by Gasteiger charge is -2.35. The number of hydrogen-bond acceptors (Lipinski definition) is 4. The third-order valence-corrected chi connectivity index (χ3v) is 6.48. The molecule has 1 aromatic rings. The standard InChI is InChI=1S/C20H27ClN4O2/c21-14-5-7-15(8-6-14)22-19(26)13-9-11-25(12-10-13)20(27)18-16-3-1-2-4-17(16)23-24-18/h5-8,13,16-18,23-24H,1-4,9-12H2,(H,22,26). The molecule has 1 aromatic carbocycles. The molecule has 3 atom stereocenters. The van der Waals surface area contributed by atoms with Gasteiger partial charge in [-0.3, -0.25) is 15.0 Å². The number of fused-ring (bicyclic) bond motifs is 1. The van der Waals surface area contributed by atoms with Crippen molar-refractivity contribution in [3.8, 4) is 0 Å². The van der Waals surface area contributed by atoms with E-state index in [1.165, 1.54) is 12.8 Å². The predicted octanol–water partition coefficient (Wildman–Crippen LogP) is 2.55. The van der Waals surface area contributed by atoms with Gasteiger partial charge in [-0.25, -0.2) is 5.43 Å². The van der Waals surface area contributed by atoms with Gasteiger partial charge in [-0.15, -0.1) is 0 Å². The summed E-state index contributed by atoms with van der Waals surface area (Å²) >= 11 is 5.88. The minimum absolute atomic E-state index is 0.0254. The monoisotopic (exact) mass is 390 g/mol. The summed E-state index contributed by atoms with van der Waals surface area (Å²) in [6, 6.07) is 7.44. The summed E-state index contributed by atoms with van der Waals surface area (Å²) in [6.45, 7) is 1.29. The fourth-order valence-electron chi connectivity index (χ4n) is 4.62. The second kappa shape index (κ2) is 8.17. The minimum atomic E-state index is -0.116. The smallest absolute Gasteiger partial charge is 0.241 e. The Morgan fingerprint density at radius 1 is 1.00 bits per heavy atom. The van der Waals surface area contributed by atoms with Crippen molar-refractivity contribution in [3.63, 3.8) is 0 Å². The third kappa shape index (κ3) is 4.13. The predicted molar refractivity (Wildman–Crippen MR) is 105 cm³/mol. The molecule has 27 heavy (non-hydrogen) atoms. The average Bonchev–Trinajstić information content (AvgIpc) is 3.13. The Labute approximate surface area is 165 Å². The molecule has 7 heteroatoms. The highest BCUT2D eigenvalue weighted by Gasteiger charge is 2.43. The number of carbonyl (C=O) groups is 2.